The molecule has 30 heavy (non-hydrogen) atoms. The van der Waals surface area contributed by atoms with Gasteiger partial charge in [-0.1, -0.05) is 11.4 Å². The van der Waals surface area contributed by atoms with Crippen molar-refractivity contribution in [2.24, 2.45) is 11.3 Å². The number of hydrogen-bond acceptors (Lipinski definition) is 4. The maximum Gasteiger partial charge on any atom is 0.165 e. The van der Waals surface area contributed by atoms with E-state index in [2.05, 4.69) is 17.0 Å². The second-order valence-corrected chi connectivity index (χ2v) is 10.9. The summed E-state index contributed by atoms with van der Waals surface area (Å²) in [6.07, 6.45) is 8.85. The van der Waals surface area contributed by atoms with E-state index in [0.29, 0.717) is 12.0 Å². The summed E-state index contributed by atoms with van der Waals surface area (Å²) in [5.74, 6) is 2.27. The first-order valence-corrected chi connectivity index (χ1v) is 11.7. The van der Waals surface area contributed by atoms with Gasteiger partial charge in [-0.2, -0.15) is 0 Å². The molecule has 5 aliphatic carbocycles. The van der Waals surface area contributed by atoms with Crippen molar-refractivity contribution in [2.75, 3.05) is 20.8 Å². The van der Waals surface area contributed by atoms with Gasteiger partial charge in [0.1, 0.15) is 11.7 Å². The minimum atomic E-state index is -0.698. The number of rotatable bonds is 4. The smallest absolute Gasteiger partial charge is 0.165 e. The van der Waals surface area contributed by atoms with E-state index in [0.717, 1.165) is 56.6 Å². The van der Waals surface area contributed by atoms with Crippen LogP contribution in [0.3, 0.4) is 0 Å². The number of piperidine rings is 1. The van der Waals surface area contributed by atoms with Crippen LogP contribution in [-0.2, 0) is 16.6 Å². The van der Waals surface area contributed by atoms with E-state index in [1.54, 1.807) is 7.11 Å². The second-order valence-electron chi connectivity index (χ2n) is 10.9. The fourth-order valence-electron chi connectivity index (χ4n) is 8.74. The summed E-state index contributed by atoms with van der Waals surface area (Å²) in [5, 5.41) is -0.698. The van der Waals surface area contributed by atoms with Crippen LogP contribution in [0.2, 0.25) is 0 Å². The van der Waals surface area contributed by atoms with Gasteiger partial charge in [0.25, 0.3) is 0 Å². The molecule has 7 aliphatic rings. The predicted octanol–water partition coefficient (Wildman–Crippen LogP) is 2.68. The van der Waals surface area contributed by atoms with E-state index < -0.39 is 5.34 Å². The molecular formula is C24H29B2NO3. The molecule has 1 unspecified atom stereocenters. The second kappa shape index (κ2) is 5.43. The Kier molecular flexibility index (Phi) is 3.34. The molecule has 154 valence electrons. The zero-order valence-corrected chi connectivity index (χ0v) is 18.1. The molecule has 1 aromatic rings. The highest BCUT2D eigenvalue weighted by Crippen LogP contribution is 2.76. The van der Waals surface area contributed by atoms with Gasteiger partial charge in [-0.05, 0) is 80.9 Å². The third kappa shape index (κ3) is 1.77. The summed E-state index contributed by atoms with van der Waals surface area (Å²) in [6.45, 7) is 0.936. The number of hydrogen-bond donors (Lipinski definition) is 0. The maximum absolute atomic E-state index is 6.87. The van der Waals surface area contributed by atoms with Crippen LogP contribution in [0.15, 0.2) is 12.1 Å². The van der Waals surface area contributed by atoms with Gasteiger partial charge in [0.05, 0.1) is 22.8 Å². The lowest BCUT2D eigenvalue weighted by molar-refractivity contribution is -0.254. The quantitative estimate of drug-likeness (QED) is 0.727. The van der Waals surface area contributed by atoms with Gasteiger partial charge in [0.15, 0.2) is 11.5 Å². The average Bonchev–Trinajstić information content (AvgIpc) is 3.55. The van der Waals surface area contributed by atoms with E-state index in [4.69, 9.17) is 29.9 Å². The van der Waals surface area contributed by atoms with E-state index in [9.17, 15) is 0 Å². The van der Waals surface area contributed by atoms with Gasteiger partial charge >= 0.3 is 0 Å². The number of likely N-dealkylation sites (tertiary alicyclic amines) is 1. The Morgan fingerprint density at radius 3 is 2.53 bits per heavy atom. The first-order valence-electron chi connectivity index (χ1n) is 11.7. The van der Waals surface area contributed by atoms with E-state index in [-0.39, 0.29) is 22.5 Å². The monoisotopic (exact) mass is 401 g/mol. The van der Waals surface area contributed by atoms with Crippen molar-refractivity contribution < 1.29 is 14.2 Å². The van der Waals surface area contributed by atoms with Gasteiger partial charge in [-0.3, -0.25) is 0 Å². The molecule has 8 rings (SSSR count). The molecule has 1 aromatic carbocycles. The molecule has 3 atom stereocenters. The fraction of sp³-hybridized carbons (Fsp3) is 0.750. The average molecular weight is 401 g/mol. The Hall–Kier alpha value is -1.13. The zero-order chi connectivity index (χ0) is 20.5. The first-order chi connectivity index (χ1) is 14.4. The fourth-order valence-corrected chi connectivity index (χ4v) is 8.74. The van der Waals surface area contributed by atoms with Crippen LogP contribution in [0.5, 0.6) is 11.5 Å². The maximum atomic E-state index is 6.87. The van der Waals surface area contributed by atoms with Gasteiger partial charge in [-0.25, -0.2) is 0 Å². The third-order valence-corrected chi connectivity index (χ3v) is 10.2. The van der Waals surface area contributed by atoms with E-state index in [1.165, 1.54) is 24.0 Å². The predicted molar refractivity (Wildman–Crippen MR) is 116 cm³/mol. The van der Waals surface area contributed by atoms with Crippen LogP contribution >= 0.6 is 0 Å². The summed E-state index contributed by atoms with van der Waals surface area (Å²) in [4.78, 5) is 2.52. The zero-order valence-electron chi connectivity index (χ0n) is 18.1. The minimum absolute atomic E-state index is 0.0161. The molecule has 2 aliphatic heterocycles. The lowest BCUT2D eigenvalue weighted by atomic mass is 9.36. The van der Waals surface area contributed by atoms with Crippen LogP contribution < -0.4 is 9.47 Å². The van der Waals surface area contributed by atoms with Gasteiger partial charge in [-0.15, -0.1) is 0 Å². The highest BCUT2D eigenvalue weighted by atomic mass is 16.6. The van der Waals surface area contributed by atoms with Crippen molar-refractivity contribution in [3.8, 4) is 11.5 Å². The molecular weight excluding hydrogens is 372 g/mol. The van der Waals surface area contributed by atoms with Gasteiger partial charge in [0, 0.05) is 24.1 Å². The summed E-state index contributed by atoms with van der Waals surface area (Å²) in [7, 11) is 17.4. The molecule has 4 bridgehead atoms. The Morgan fingerprint density at radius 2 is 1.87 bits per heavy atom. The van der Waals surface area contributed by atoms with Gasteiger partial charge < -0.3 is 19.1 Å². The molecule has 2 heterocycles. The standard InChI is InChI=1S/C24H29B2NO3/c1-28-16-6-3-14-13-17-21-7-9-22(29-2,10-8-21)20-23(21,18(14)19(16)30-20)11-12-27(17)24(25,26)15-4-5-15/h3,6,15,17,20H,4-5,7-13H2,1-2H3/t17-,20?,21?,22?,23+/m1/s1. The third-order valence-electron chi connectivity index (χ3n) is 10.2. The molecule has 2 spiro atoms. The number of fused-ring (bicyclic) bond motifs is 2. The molecule has 0 aromatic heterocycles. The Bertz CT molecular complexity index is 937. The number of ether oxygens (including phenoxy) is 3. The number of nitrogens with zero attached hydrogens (tertiary/aromatic N) is 1. The van der Waals surface area contributed by atoms with Gasteiger partial charge in [0.2, 0.25) is 0 Å². The van der Waals surface area contributed by atoms with Crippen molar-refractivity contribution >= 4 is 15.7 Å². The summed E-state index contributed by atoms with van der Waals surface area (Å²) < 4.78 is 18.9. The number of methoxy groups -OCH3 is 2. The van der Waals surface area contributed by atoms with Crippen LogP contribution in [0.4, 0.5) is 0 Å². The SMILES string of the molecule is [B]C([B])(C1CC1)N1CC[C@]23c4c5ccc(OC)c4OC2C2(OC)CCC3(CC2)[C@H]1C5. The Labute approximate surface area is 181 Å². The van der Waals surface area contributed by atoms with Crippen LogP contribution in [-0.4, -0.2) is 64.4 Å². The lowest BCUT2D eigenvalue weighted by Crippen LogP contribution is -2.80. The Balaban J connectivity index is 1.48. The molecule has 0 amide bonds. The topological polar surface area (TPSA) is 30.9 Å². The van der Waals surface area contributed by atoms with Crippen molar-refractivity contribution in [3.05, 3.63) is 23.3 Å². The highest BCUT2D eigenvalue weighted by molar-refractivity contribution is 6.40. The Morgan fingerprint density at radius 1 is 1.10 bits per heavy atom. The molecule has 4 radical (unpaired) electrons. The first kappa shape index (κ1) is 18.4. The minimum Gasteiger partial charge on any atom is -0.493 e. The molecule has 4 saturated carbocycles. The molecule has 6 heteroatoms. The van der Waals surface area contributed by atoms with Crippen LogP contribution in [0, 0.1) is 11.3 Å². The summed E-state index contributed by atoms with van der Waals surface area (Å²) in [6, 6.07) is 4.72. The normalized spacial score (nSPS) is 43.3. The number of benzene rings is 1. The van der Waals surface area contributed by atoms with Crippen molar-refractivity contribution in [2.45, 2.75) is 79.9 Å². The van der Waals surface area contributed by atoms with E-state index >= 15 is 0 Å². The van der Waals surface area contributed by atoms with Crippen molar-refractivity contribution in [3.63, 3.8) is 0 Å². The highest BCUT2D eigenvalue weighted by Gasteiger charge is 2.79. The molecule has 5 fully saturated rings. The van der Waals surface area contributed by atoms with Crippen molar-refractivity contribution in [1.82, 2.24) is 4.90 Å². The molecule has 1 saturated heterocycles. The molecule has 0 N–H and O–H groups in total. The van der Waals surface area contributed by atoms with Crippen molar-refractivity contribution in [1.29, 1.82) is 0 Å². The van der Waals surface area contributed by atoms with Crippen LogP contribution in [0.1, 0.15) is 56.1 Å². The van der Waals surface area contributed by atoms with E-state index in [1.807, 2.05) is 7.11 Å². The largest absolute Gasteiger partial charge is 0.493 e. The summed E-state index contributed by atoms with van der Waals surface area (Å²) in [5.41, 5.74) is 2.76. The summed E-state index contributed by atoms with van der Waals surface area (Å²) >= 11 is 0. The van der Waals surface area contributed by atoms with Crippen LogP contribution in [0.25, 0.3) is 0 Å². The molecule has 4 nitrogen and oxygen atoms in total. The lowest BCUT2D eigenvalue weighted by Gasteiger charge is -2.73.